The first-order valence-corrected chi connectivity index (χ1v) is 11.5. The Morgan fingerprint density at radius 2 is 1.59 bits per heavy atom. The highest BCUT2D eigenvalue weighted by molar-refractivity contribution is 7.89. The maximum atomic E-state index is 13.3. The third-order valence-corrected chi connectivity index (χ3v) is 7.66. The van der Waals surface area contributed by atoms with Gasteiger partial charge in [-0.1, -0.05) is 30.2 Å². The largest absolute Gasteiger partial charge is 0.303 e. The summed E-state index contributed by atoms with van der Waals surface area (Å²) in [6, 6.07) is 15.1. The van der Waals surface area contributed by atoms with Gasteiger partial charge in [0.05, 0.1) is 10.9 Å². The van der Waals surface area contributed by atoms with Gasteiger partial charge in [0.25, 0.3) is 0 Å². The molecule has 0 aliphatic carbocycles. The topological polar surface area (TPSA) is 55.2 Å². The van der Waals surface area contributed by atoms with E-state index in [0.717, 1.165) is 47.6 Å². The van der Waals surface area contributed by atoms with Crippen LogP contribution < -0.4 is 0 Å². The Morgan fingerprint density at radius 1 is 0.897 bits per heavy atom. The van der Waals surface area contributed by atoms with Gasteiger partial charge in [-0.15, -0.1) is 0 Å². The fourth-order valence-electron chi connectivity index (χ4n) is 4.13. The molecule has 2 aromatic heterocycles. The van der Waals surface area contributed by atoms with Crippen molar-refractivity contribution in [2.24, 2.45) is 0 Å². The predicted octanol–water partition coefficient (Wildman–Crippen LogP) is 4.71. The Morgan fingerprint density at radius 3 is 2.21 bits per heavy atom. The molecule has 4 rings (SSSR count). The smallest absolute Gasteiger partial charge is 0.243 e. The molecule has 1 aliphatic heterocycles. The highest BCUT2D eigenvalue weighted by atomic mass is 32.2. The van der Waals surface area contributed by atoms with Gasteiger partial charge in [0, 0.05) is 24.1 Å². The molecule has 1 atom stereocenters. The standard InChI is InChI=1S/C23H27N3O2S/c1-17-7-12-21(13-8-17)29(27,28)25-15-5-4-6-22(25)20-11-14-23(24-16-20)26-18(2)9-10-19(26)3/h7-14,16,22H,4-6,15H2,1-3H3/t22-/m1/s1. The van der Waals surface area contributed by atoms with Crippen LogP contribution in [0.4, 0.5) is 0 Å². The zero-order valence-corrected chi connectivity index (χ0v) is 18.0. The zero-order valence-electron chi connectivity index (χ0n) is 17.2. The van der Waals surface area contributed by atoms with E-state index in [2.05, 4.69) is 35.5 Å². The van der Waals surface area contributed by atoms with Crippen molar-refractivity contribution in [2.75, 3.05) is 6.54 Å². The van der Waals surface area contributed by atoms with Gasteiger partial charge in [-0.2, -0.15) is 4.31 Å². The van der Waals surface area contributed by atoms with Crippen molar-refractivity contribution in [3.63, 3.8) is 0 Å². The number of sulfonamides is 1. The maximum absolute atomic E-state index is 13.3. The number of hydrogen-bond donors (Lipinski definition) is 0. The maximum Gasteiger partial charge on any atom is 0.243 e. The number of benzene rings is 1. The third kappa shape index (κ3) is 3.74. The van der Waals surface area contributed by atoms with Crippen molar-refractivity contribution >= 4 is 10.0 Å². The highest BCUT2D eigenvalue weighted by Gasteiger charge is 2.34. The molecule has 1 saturated heterocycles. The second-order valence-corrected chi connectivity index (χ2v) is 9.73. The number of piperidine rings is 1. The summed E-state index contributed by atoms with van der Waals surface area (Å²) in [6.07, 6.45) is 4.55. The van der Waals surface area contributed by atoms with Crippen LogP contribution >= 0.6 is 0 Å². The lowest BCUT2D eigenvalue weighted by Crippen LogP contribution is -2.38. The number of aryl methyl sites for hydroxylation is 3. The fraction of sp³-hybridized carbons (Fsp3) is 0.348. The molecule has 0 saturated carbocycles. The molecule has 0 amide bonds. The SMILES string of the molecule is Cc1ccc(S(=O)(=O)N2CCCC[C@@H]2c2ccc(-n3c(C)ccc3C)nc2)cc1. The fourth-order valence-corrected chi connectivity index (χ4v) is 5.81. The second kappa shape index (κ2) is 7.76. The molecule has 0 bridgehead atoms. The minimum absolute atomic E-state index is 0.177. The van der Waals surface area contributed by atoms with Crippen LogP contribution in [0.5, 0.6) is 0 Å². The van der Waals surface area contributed by atoms with Gasteiger partial charge >= 0.3 is 0 Å². The van der Waals surface area contributed by atoms with Gasteiger partial charge in [-0.25, -0.2) is 13.4 Å². The van der Waals surface area contributed by atoms with Crippen LogP contribution in [0, 0.1) is 20.8 Å². The van der Waals surface area contributed by atoms with Gasteiger partial charge in [0.15, 0.2) is 0 Å². The Bertz CT molecular complexity index is 1080. The van der Waals surface area contributed by atoms with E-state index in [1.807, 2.05) is 37.4 Å². The summed E-state index contributed by atoms with van der Waals surface area (Å²) >= 11 is 0. The summed E-state index contributed by atoms with van der Waals surface area (Å²) in [7, 11) is -3.54. The van der Waals surface area contributed by atoms with Crippen LogP contribution in [0.3, 0.4) is 0 Å². The highest BCUT2D eigenvalue weighted by Crippen LogP contribution is 2.35. The lowest BCUT2D eigenvalue weighted by molar-refractivity contribution is 0.255. The van der Waals surface area contributed by atoms with Gasteiger partial charge < -0.3 is 4.57 Å². The van der Waals surface area contributed by atoms with Crippen LogP contribution in [-0.4, -0.2) is 28.8 Å². The normalized spacial score (nSPS) is 18.1. The van der Waals surface area contributed by atoms with Gasteiger partial charge in [0.1, 0.15) is 5.82 Å². The summed E-state index contributed by atoms with van der Waals surface area (Å²) in [5, 5.41) is 0. The molecule has 0 N–H and O–H groups in total. The Kier molecular flexibility index (Phi) is 5.32. The minimum Gasteiger partial charge on any atom is -0.303 e. The summed E-state index contributed by atoms with van der Waals surface area (Å²) < 4.78 is 30.4. The van der Waals surface area contributed by atoms with Crippen LogP contribution in [0.15, 0.2) is 59.6 Å². The van der Waals surface area contributed by atoms with Gasteiger partial charge in [-0.3, -0.25) is 0 Å². The minimum atomic E-state index is -3.54. The number of pyridine rings is 1. The Balaban J connectivity index is 1.66. The van der Waals surface area contributed by atoms with Crippen LogP contribution in [0.25, 0.3) is 5.82 Å². The van der Waals surface area contributed by atoms with E-state index in [0.29, 0.717) is 11.4 Å². The molecule has 152 valence electrons. The molecule has 1 aromatic carbocycles. The lowest BCUT2D eigenvalue weighted by Gasteiger charge is -2.35. The molecule has 0 unspecified atom stereocenters. The van der Waals surface area contributed by atoms with E-state index in [4.69, 9.17) is 0 Å². The van der Waals surface area contributed by atoms with E-state index in [1.54, 1.807) is 16.4 Å². The summed E-state index contributed by atoms with van der Waals surface area (Å²) in [5.41, 5.74) is 4.26. The molecule has 0 radical (unpaired) electrons. The molecular formula is C23H27N3O2S. The molecule has 0 spiro atoms. The van der Waals surface area contributed by atoms with Crippen molar-refractivity contribution in [3.05, 3.63) is 77.2 Å². The number of nitrogens with zero attached hydrogens (tertiary/aromatic N) is 3. The summed E-state index contributed by atoms with van der Waals surface area (Å²) in [6.45, 7) is 6.61. The number of aromatic nitrogens is 2. The van der Waals surface area contributed by atoms with E-state index >= 15 is 0 Å². The monoisotopic (exact) mass is 409 g/mol. The van der Waals surface area contributed by atoms with Gasteiger partial charge in [0.2, 0.25) is 10.0 Å². The first-order valence-electron chi connectivity index (χ1n) is 10.1. The second-order valence-electron chi connectivity index (χ2n) is 7.84. The van der Waals surface area contributed by atoms with Crippen LogP contribution in [0.1, 0.15) is 47.8 Å². The van der Waals surface area contributed by atoms with E-state index in [1.165, 1.54) is 0 Å². The van der Waals surface area contributed by atoms with Gasteiger partial charge in [-0.05, 0) is 69.5 Å². The molecule has 3 heterocycles. The molecule has 6 heteroatoms. The molecule has 3 aromatic rings. The third-order valence-electron chi connectivity index (χ3n) is 5.74. The van der Waals surface area contributed by atoms with Crippen molar-refractivity contribution in [3.8, 4) is 5.82 Å². The van der Waals surface area contributed by atoms with Crippen molar-refractivity contribution in [1.29, 1.82) is 0 Å². The average molecular weight is 410 g/mol. The van der Waals surface area contributed by atoms with Crippen LogP contribution in [0.2, 0.25) is 0 Å². The van der Waals surface area contributed by atoms with E-state index in [9.17, 15) is 8.42 Å². The Labute approximate surface area is 173 Å². The predicted molar refractivity (Wildman–Crippen MR) is 115 cm³/mol. The quantitative estimate of drug-likeness (QED) is 0.627. The van der Waals surface area contributed by atoms with E-state index in [-0.39, 0.29) is 6.04 Å². The lowest BCUT2D eigenvalue weighted by atomic mass is 9.99. The molecule has 1 fully saturated rings. The Hall–Kier alpha value is -2.44. The van der Waals surface area contributed by atoms with Crippen molar-refractivity contribution in [2.45, 2.75) is 51.0 Å². The summed E-state index contributed by atoms with van der Waals surface area (Å²) in [4.78, 5) is 5.02. The molecule has 1 aliphatic rings. The first kappa shape index (κ1) is 19.9. The number of hydrogen-bond acceptors (Lipinski definition) is 3. The first-order chi connectivity index (χ1) is 13.9. The van der Waals surface area contributed by atoms with Crippen LogP contribution in [-0.2, 0) is 10.0 Å². The van der Waals surface area contributed by atoms with E-state index < -0.39 is 10.0 Å². The van der Waals surface area contributed by atoms with Crippen molar-refractivity contribution in [1.82, 2.24) is 13.9 Å². The summed E-state index contributed by atoms with van der Waals surface area (Å²) in [5.74, 6) is 0.859. The molecule has 5 nitrogen and oxygen atoms in total. The zero-order chi connectivity index (χ0) is 20.6. The molecular weight excluding hydrogens is 382 g/mol. The molecule has 29 heavy (non-hydrogen) atoms. The number of rotatable bonds is 4. The van der Waals surface area contributed by atoms with Crippen molar-refractivity contribution < 1.29 is 8.42 Å². The average Bonchev–Trinajstić information content (AvgIpc) is 3.06.